The summed E-state index contributed by atoms with van der Waals surface area (Å²) in [4.78, 5) is 0. The van der Waals surface area contributed by atoms with Gasteiger partial charge in [-0.3, -0.25) is 0 Å². The summed E-state index contributed by atoms with van der Waals surface area (Å²) in [5.74, 6) is 3.63. The van der Waals surface area contributed by atoms with Gasteiger partial charge in [0.2, 0.25) is 0 Å². The third kappa shape index (κ3) is 1.89. The second-order valence-corrected chi connectivity index (χ2v) is 3.87. The molecule has 0 amide bonds. The summed E-state index contributed by atoms with van der Waals surface area (Å²) in [7, 11) is 0. The lowest BCUT2D eigenvalue weighted by atomic mass is 9.81. The summed E-state index contributed by atoms with van der Waals surface area (Å²) < 4.78 is 0. The van der Waals surface area contributed by atoms with Crippen LogP contribution in [0.15, 0.2) is 12.2 Å². The Balaban J connectivity index is 2.66. The van der Waals surface area contributed by atoms with E-state index >= 15 is 0 Å². The van der Waals surface area contributed by atoms with Crippen LogP contribution >= 0.6 is 0 Å². The standard InChI is InChI=1S/C11H16O/c1-4-11(12)7-5-10(6-8-11)9(2)3/h1,5,7,9-10,12H,6,8H2,2-3H3. The zero-order valence-corrected chi connectivity index (χ0v) is 7.75. The highest BCUT2D eigenvalue weighted by molar-refractivity contribution is 5.22. The fourth-order valence-electron chi connectivity index (χ4n) is 1.52. The highest BCUT2D eigenvalue weighted by atomic mass is 16.3. The smallest absolute Gasteiger partial charge is 0.143 e. The van der Waals surface area contributed by atoms with Crippen LogP contribution in [0.25, 0.3) is 0 Å². The largest absolute Gasteiger partial charge is 0.374 e. The second kappa shape index (κ2) is 3.33. The van der Waals surface area contributed by atoms with Gasteiger partial charge in [0.15, 0.2) is 0 Å². The van der Waals surface area contributed by atoms with Crippen molar-refractivity contribution in [3.8, 4) is 12.3 Å². The van der Waals surface area contributed by atoms with Crippen LogP contribution in [-0.2, 0) is 0 Å². The van der Waals surface area contributed by atoms with Crippen LogP contribution in [0.3, 0.4) is 0 Å². The van der Waals surface area contributed by atoms with E-state index in [1.54, 1.807) is 6.08 Å². The topological polar surface area (TPSA) is 20.2 Å². The van der Waals surface area contributed by atoms with Crippen molar-refractivity contribution in [2.45, 2.75) is 32.3 Å². The molecule has 0 bridgehead atoms. The van der Waals surface area contributed by atoms with Crippen LogP contribution in [-0.4, -0.2) is 10.7 Å². The quantitative estimate of drug-likeness (QED) is 0.464. The summed E-state index contributed by atoms with van der Waals surface area (Å²) in [5, 5.41) is 9.66. The molecule has 0 saturated carbocycles. The molecule has 1 nitrogen and oxygen atoms in total. The summed E-state index contributed by atoms with van der Waals surface area (Å²) in [5.41, 5.74) is -0.967. The van der Waals surface area contributed by atoms with Gasteiger partial charge in [0, 0.05) is 0 Å². The Morgan fingerprint density at radius 3 is 2.67 bits per heavy atom. The minimum atomic E-state index is -0.967. The van der Waals surface area contributed by atoms with Crippen molar-refractivity contribution < 1.29 is 5.11 Å². The summed E-state index contributed by atoms with van der Waals surface area (Å²) >= 11 is 0. The van der Waals surface area contributed by atoms with E-state index in [2.05, 4.69) is 19.8 Å². The Morgan fingerprint density at radius 2 is 2.33 bits per heavy atom. The molecule has 1 aliphatic rings. The fraction of sp³-hybridized carbons (Fsp3) is 0.636. The van der Waals surface area contributed by atoms with Crippen LogP contribution < -0.4 is 0 Å². The summed E-state index contributed by atoms with van der Waals surface area (Å²) in [6.45, 7) is 4.38. The normalized spacial score (nSPS) is 35.1. The number of allylic oxidation sites excluding steroid dienone is 1. The maximum Gasteiger partial charge on any atom is 0.143 e. The van der Waals surface area contributed by atoms with Crippen molar-refractivity contribution in [1.29, 1.82) is 0 Å². The van der Waals surface area contributed by atoms with E-state index in [-0.39, 0.29) is 0 Å². The van der Waals surface area contributed by atoms with Gasteiger partial charge < -0.3 is 5.11 Å². The predicted octanol–water partition coefficient (Wildman–Crippen LogP) is 1.97. The van der Waals surface area contributed by atoms with Gasteiger partial charge >= 0.3 is 0 Å². The van der Waals surface area contributed by atoms with E-state index < -0.39 is 5.60 Å². The van der Waals surface area contributed by atoms with Gasteiger partial charge in [-0.15, -0.1) is 6.42 Å². The first kappa shape index (κ1) is 9.35. The van der Waals surface area contributed by atoms with Crippen LogP contribution in [0.2, 0.25) is 0 Å². The molecule has 0 radical (unpaired) electrons. The van der Waals surface area contributed by atoms with Gasteiger partial charge in [-0.05, 0) is 30.8 Å². The van der Waals surface area contributed by atoms with Crippen molar-refractivity contribution in [3.63, 3.8) is 0 Å². The SMILES string of the molecule is C#CC1(O)C=CC(C(C)C)CC1. The zero-order valence-electron chi connectivity index (χ0n) is 7.75. The minimum absolute atomic E-state index is 0.582. The molecule has 0 spiro atoms. The first-order valence-electron chi connectivity index (χ1n) is 4.47. The lowest BCUT2D eigenvalue weighted by Crippen LogP contribution is -2.28. The Morgan fingerprint density at radius 1 is 1.67 bits per heavy atom. The monoisotopic (exact) mass is 164 g/mol. The van der Waals surface area contributed by atoms with Crippen LogP contribution in [0.1, 0.15) is 26.7 Å². The molecule has 1 N–H and O–H groups in total. The van der Waals surface area contributed by atoms with Crippen LogP contribution in [0.4, 0.5) is 0 Å². The highest BCUT2D eigenvalue weighted by Gasteiger charge is 2.26. The molecular formula is C11H16O. The summed E-state index contributed by atoms with van der Waals surface area (Å²) in [6.07, 6.45) is 10.7. The van der Waals surface area contributed by atoms with Crippen molar-refractivity contribution in [3.05, 3.63) is 12.2 Å². The molecule has 12 heavy (non-hydrogen) atoms. The molecule has 2 atom stereocenters. The molecule has 1 rings (SSSR count). The van der Waals surface area contributed by atoms with Gasteiger partial charge in [-0.25, -0.2) is 0 Å². The van der Waals surface area contributed by atoms with Gasteiger partial charge in [0.05, 0.1) is 0 Å². The van der Waals surface area contributed by atoms with Gasteiger partial charge in [0.1, 0.15) is 5.60 Å². The van der Waals surface area contributed by atoms with Gasteiger partial charge in [0.25, 0.3) is 0 Å². The average Bonchev–Trinajstić information content (AvgIpc) is 2.05. The lowest BCUT2D eigenvalue weighted by Gasteiger charge is -2.28. The minimum Gasteiger partial charge on any atom is -0.374 e. The van der Waals surface area contributed by atoms with E-state index in [0.29, 0.717) is 18.3 Å². The average molecular weight is 164 g/mol. The number of terminal acetylenes is 1. The molecule has 0 aliphatic heterocycles. The molecule has 66 valence electrons. The first-order valence-corrected chi connectivity index (χ1v) is 4.47. The number of rotatable bonds is 1. The van der Waals surface area contributed by atoms with Gasteiger partial charge in [-0.1, -0.05) is 25.8 Å². The third-order valence-corrected chi connectivity index (χ3v) is 2.58. The Hall–Kier alpha value is -0.740. The Kier molecular flexibility index (Phi) is 2.59. The number of hydrogen-bond donors (Lipinski definition) is 1. The van der Waals surface area contributed by atoms with E-state index in [1.807, 2.05) is 6.08 Å². The van der Waals surface area contributed by atoms with Crippen molar-refractivity contribution in [1.82, 2.24) is 0 Å². The second-order valence-electron chi connectivity index (χ2n) is 3.87. The fourth-order valence-corrected chi connectivity index (χ4v) is 1.52. The molecule has 0 aromatic rings. The molecule has 0 saturated heterocycles. The maximum absolute atomic E-state index is 9.66. The summed E-state index contributed by atoms with van der Waals surface area (Å²) in [6, 6.07) is 0. The van der Waals surface area contributed by atoms with E-state index in [9.17, 15) is 5.11 Å². The molecule has 0 fully saturated rings. The molecule has 1 aliphatic carbocycles. The van der Waals surface area contributed by atoms with Gasteiger partial charge in [-0.2, -0.15) is 0 Å². The van der Waals surface area contributed by atoms with E-state index in [4.69, 9.17) is 6.42 Å². The predicted molar refractivity (Wildman–Crippen MR) is 50.5 cm³/mol. The van der Waals surface area contributed by atoms with Crippen molar-refractivity contribution >= 4 is 0 Å². The Bertz CT molecular complexity index is 222. The zero-order chi connectivity index (χ0) is 9.19. The highest BCUT2D eigenvalue weighted by Crippen LogP contribution is 2.29. The first-order chi connectivity index (χ1) is 5.57. The van der Waals surface area contributed by atoms with Crippen LogP contribution in [0, 0.1) is 24.2 Å². The molecular weight excluding hydrogens is 148 g/mol. The number of aliphatic hydroxyl groups is 1. The molecule has 2 unspecified atom stereocenters. The Labute approximate surface area is 74.5 Å². The van der Waals surface area contributed by atoms with E-state index in [0.717, 1.165) is 6.42 Å². The molecule has 0 aromatic heterocycles. The molecule has 0 aromatic carbocycles. The molecule has 1 heteroatoms. The van der Waals surface area contributed by atoms with Crippen molar-refractivity contribution in [2.75, 3.05) is 0 Å². The van der Waals surface area contributed by atoms with E-state index in [1.165, 1.54) is 0 Å². The third-order valence-electron chi connectivity index (χ3n) is 2.58. The maximum atomic E-state index is 9.66. The van der Waals surface area contributed by atoms with Crippen molar-refractivity contribution in [2.24, 2.45) is 11.8 Å². The van der Waals surface area contributed by atoms with Crippen LogP contribution in [0.5, 0.6) is 0 Å². The number of hydrogen-bond acceptors (Lipinski definition) is 1. The molecule has 0 heterocycles. The lowest BCUT2D eigenvalue weighted by molar-refractivity contribution is 0.123.